The van der Waals surface area contributed by atoms with E-state index in [9.17, 15) is 9.90 Å². The number of carboxylic acids is 1. The van der Waals surface area contributed by atoms with Crippen LogP contribution < -0.4 is 10.1 Å². The molecule has 1 heterocycles. The summed E-state index contributed by atoms with van der Waals surface area (Å²) in [6, 6.07) is 18.0. The molecule has 4 rings (SSSR count). The summed E-state index contributed by atoms with van der Waals surface area (Å²) in [5.41, 5.74) is 3.80. The van der Waals surface area contributed by atoms with Crippen molar-refractivity contribution in [1.29, 1.82) is 0 Å². The molecule has 27 heavy (non-hydrogen) atoms. The molecular weight excluding hydrogens is 385 g/mol. The number of carboxylic acid groups (broad SMARTS) is 1. The van der Waals surface area contributed by atoms with Gasteiger partial charge >= 0.3 is 5.97 Å². The summed E-state index contributed by atoms with van der Waals surface area (Å²) in [5.74, 6) is -0.144. The van der Waals surface area contributed by atoms with Gasteiger partial charge in [-0.25, -0.2) is 4.79 Å². The Morgan fingerprint density at radius 3 is 2.63 bits per heavy atom. The van der Waals surface area contributed by atoms with E-state index in [2.05, 4.69) is 5.32 Å². The Hall–Kier alpha value is -2.69. The second-order valence-electron chi connectivity index (χ2n) is 6.27. The maximum Gasteiger partial charge on any atom is 0.335 e. The van der Waals surface area contributed by atoms with Gasteiger partial charge in [0.25, 0.3) is 0 Å². The van der Waals surface area contributed by atoms with Gasteiger partial charge in [0.2, 0.25) is 0 Å². The minimum Gasteiger partial charge on any atom is -0.491 e. The lowest BCUT2D eigenvalue weighted by Gasteiger charge is -2.15. The first-order valence-corrected chi connectivity index (χ1v) is 9.09. The molecule has 3 aromatic rings. The van der Waals surface area contributed by atoms with E-state index in [0.29, 0.717) is 16.7 Å². The number of ether oxygens (including phenoxy) is 1. The Morgan fingerprint density at radius 1 is 1.04 bits per heavy atom. The van der Waals surface area contributed by atoms with E-state index in [-0.39, 0.29) is 11.6 Å². The van der Waals surface area contributed by atoms with E-state index in [1.807, 2.05) is 30.3 Å². The number of rotatable bonds is 4. The molecule has 0 radical (unpaired) electrons. The average molecular weight is 400 g/mol. The largest absolute Gasteiger partial charge is 0.491 e. The molecule has 1 aliphatic rings. The van der Waals surface area contributed by atoms with Crippen LogP contribution in [0, 0.1) is 0 Å². The van der Waals surface area contributed by atoms with Gasteiger partial charge in [-0.15, -0.1) is 0 Å². The van der Waals surface area contributed by atoms with Crippen LogP contribution in [0.3, 0.4) is 0 Å². The highest BCUT2D eigenvalue weighted by Gasteiger charge is 2.25. The van der Waals surface area contributed by atoms with Crippen LogP contribution in [0.1, 0.15) is 22.0 Å². The number of aromatic carboxylic acids is 1. The smallest absolute Gasteiger partial charge is 0.335 e. The van der Waals surface area contributed by atoms with Crippen LogP contribution in [0.15, 0.2) is 60.7 Å². The van der Waals surface area contributed by atoms with Gasteiger partial charge in [0.15, 0.2) is 0 Å². The summed E-state index contributed by atoms with van der Waals surface area (Å²) in [6.45, 7) is 0.479. The second kappa shape index (κ2) is 7.14. The molecule has 1 atom stereocenters. The number of carbonyl (C=O) groups is 1. The molecule has 0 saturated carbocycles. The van der Waals surface area contributed by atoms with Crippen molar-refractivity contribution < 1.29 is 14.6 Å². The normalized spacial score (nSPS) is 15.1. The highest BCUT2D eigenvalue weighted by atomic mass is 35.5. The number of benzene rings is 3. The minimum absolute atomic E-state index is 0.0683. The van der Waals surface area contributed by atoms with Gasteiger partial charge in [0.1, 0.15) is 12.4 Å². The van der Waals surface area contributed by atoms with Gasteiger partial charge in [-0.2, -0.15) is 0 Å². The van der Waals surface area contributed by atoms with Gasteiger partial charge in [-0.1, -0.05) is 41.4 Å². The predicted molar refractivity (Wildman–Crippen MR) is 107 cm³/mol. The first-order valence-electron chi connectivity index (χ1n) is 8.33. The molecule has 0 spiro atoms. The first kappa shape index (κ1) is 17.7. The number of nitrogens with one attached hydrogen (secondary N) is 1. The molecule has 0 saturated heterocycles. The second-order valence-corrected chi connectivity index (χ2v) is 7.11. The Balaban J connectivity index is 1.66. The van der Waals surface area contributed by atoms with Gasteiger partial charge in [0, 0.05) is 10.6 Å². The van der Waals surface area contributed by atoms with E-state index in [1.165, 1.54) is 0 Å². The molecule has 1 aliphatic heterocycles. The molecule has 1 unspecified atom stereocenters. The number of halogens is 2. The lowest BCUT2D eigenvalue weighted by molar-refractivity contribution is 0.0697. The summed E-state index contributed by atoms with van der Waals surface area (Å²) in [7, 11) is 0. The summed E-state index contributed by atoms with van der Waals surface area (Å²) in [4.78, 5) is 11.2. The SMILES string of the molecule is O=C(O)c1cccc(-c2ccc3c(c2)C(Nc2ccc(Cl)cc2Cl)CO3)c1. The molecule has 0 amide bonds. The third-order valence-electron chi connectivity index (χ3n) is 4.49. The zero-order valence-electron chi connectivity index (χ0n) is 14.1. The van der Waals surface area contributed by atoms with Crippen molar-refractivity contribution >= 4 is 34.9 Å². The molecule has 0 bridgehead atoms. The first-order chi connectivity index (χ1) is 13.0. The van der Waals surface area contributed by atoms with Crippen LogP contribution >= 0.6 is 23.2 Å². The maximum absolute atomic E-state index is 11.2. The van der Waals surface area contributed by atoms with Gasteiger partial charge in [0.05, 0.1) is 22.3 Å². The zero-order valence-corrected chi connectivity index (χ0v) is 15.6. The molecule has 0 aromatic heterocycles. The van der Waals surface area contributed by atoms with E-state index < -0.39 is 5.97 Å². The molecule has 6 heteroatoms. The summed E-state index contributed by atoms with van der Waals surface area (Å²) in [5, 5.41) is 13.7. The number of hydrogen-bond donors (Lipinski definition) is 2. The standard InChI is InChI=1S/C21H15Cl2NO3/c22-15-5-6-18(17(23)10-15)24-19-11-27-20-7-4-13(9-16(19)20)12-2-1-3-14(8-12)21(25)26/h1-10,19,24H,11H2,(H,25,26). The molecular formula is C21H15Cl2NO3. The molecule has 0 aliphatic carbocycles. The number of hydrogen-bond acceptors (Lipinski definition) is 3. The topological polar surface area (TPSA) is 58.6 Å². The molecule has 136 valence electrons. The van der Waals surface area contributed by atoms with Crippen molar-refractivity contribution in [3.8, 4) is 16.9 Å². The minimum atomic E-state index is -0.946. The van der Waals surface area contributed by atoms with E-state index >= 15 is 0 Å². The van der Waals surface area contributed by atoms with E-state index in [0.717, 1.165) is 28.1 Å². The van der Waals surface area contributed by atoms with Crippen molar-refractivity contribution in [3.63, 3.8) is 0 Å². The number of fused-ring (bicyclic) bond motifs is 1. The molecule has 3 aromatic carbocycles. The lowest BCUT2D eigenvalue weighted by Crippen LogP contribution is -2.12. The highest BCUT2D eigenvalue weighted by Crippen LogP contribution is 2.39. The highest BCUT2D eigenvalue weighted by molar-refractivity contribution is 6.36. The molecule has 0 fully saturated rings. The maximum atomic E-state index is 11.2. The average Bonchev–Trinajstić information content (AvgIpc) is 3.06. The Kier molecular flexibility index (Phi) is 4.68. The monoisotopic (exact) mass is 399 g/mol. The predicted octanol–water partition coefficient (Wildman–Crippen LogP) is 5.90. The summed E-state index contributed by atoms with van der Waals surface area (Å²) < 4.78 is 5.77. The van der Waals surface area contributed by atoms with Crippen LogP contribution in [0.5, 0.6) is 5.75 Å². The van der Waals surface area contributed by atoms with Crippen LogP contribution in [0.25, 0.3) is 11.1 Å². The van der Waals surface area contributed by atoms with Crippen molar-refractivity contribution in [2.45, 2.75) is 6.04 Å². The zero-order chi connectivity index (χ0) is 19.0. The van der Waals surface area contributed by atoms with Gasteiger partial charge in [-0.3, -0.25) is 0 Å². The van der Waals surface area contributed by atoms with Gasteiger partial charge < -0.3 is 15.2 Å². The molecule has 4 nitrogen and oxygen atoms in total. The van der Waals surface area contributed by atoms with Crippen molar-refractivity contribution in [2.24, 2.45) is 0 Å². The van der Waals surface area contributed by atoms with Crippen molar-refractivity contribution in [2.75, 3.05) is 11.9 Å². The van der Waals surface area contributed by atoms with Crippen molar-refractivity contribution in [3.05, 3.63) is 81.8 Å². The van der Waals surface area contributed by atoms with E-state index in [1.54, 1.807) is 30.3 Å². The van der Waals surface area contributed by atoms with E-state index in [4.69, 9.17) is 27.9 Å². The Labute approximate surface area is 166 Å². The Morgan fingerprint density at radius 2 is 1.85 bits per heavy atom. The van der Waals surface area contributed by atoms with Crippen LogP contribution in [-0.4, -0.2) is 17.7 Å². The van der Waals surface area contributed by atoms with Crippen molar-refractivity contribution in [1.82, 2.24) is 0 Å². The lowest BCUT2D eigenvalue weighted by atomic mass is 9.98. The van der Waals surface area contributed by atoms with Crippen LogP contribution in [-0.2, 0) is 0 Å². The fraction of sp³-hybridized carbons (Fsp3) is 0.0952. The Bertz CT molecular complexity index is 1040. The fourth-order valence-electron chi connectivity index (χ4n) is 3.14. The fourth-order valence-corrected chi connectivity index (χ4v) is 3.60. The third kappa shape index (κ3) is 3.59. The quantitative estimate of drug-likeness (QED) is 0.572. The number of anilines is 1. The third-order valence-corrected chi connectivity index (χ3v) is 5.04. The molecule has 2 N–H and O–H groups in total. The summed E-state index contributed by atoms with van der Waals surface area (Å²) in [6.07, 6.45) is 0. The van der Waals surface area contributed by atoms with Gasteiger partial charge in [-0.05, 0) is 53.6 Å². The van der Waals surface area contributed by atoms with Crippen LogP contribution in [0.2, 0.25) is 10.0 Å². The van der Waals surface area contributed by atoms with Crippen LogP contribution in [0.4, 0.5) is 5.69 Å². The summed E-state index contributed by atoms with van der Waals surface area (Å²) >= 11 is 12.2.